The van der Waals surface area contributed by atoms with Crippen LogP contribution in [0.5, 0.6) is 5.75 Å². The summed E-state index contributed by atoms with van der Waals surface area (Å²) < 4.78 is 5.63. The van der Waals surface area contributed by atoms with E-state index < -0.39 is 0 Å². The van der Waals surface area contributed by atoms with Crippen LogP contribution in [0.15, 0.2) is 18.2 Å². The summed E-state index contributed by atoms with van der Waals surface area (Å²) in [6.45, 7) is 4.38. The molecule has 0 aliphatic heterocycles. The fourth-order valence-corrected chi connectivity index (χ4v) is 1.95. The Labute approximate surface area is 113 Å². The molecule has 0 unspecified atom stereocenters. The monoisotopic (exact) mass is 263 g/mol. The Morgan fingerprint density at radius 2 is 2.16 bits per heavy atom. The summed E-state index contributed by atoms with van der Waals surface area (Å²) in [5.74, 6) is 0.771. The van der Waals surface area contributed by atoms with Gasteiger partial charge in [0.2, 0.25) is 5.91 Å². The average Bonchev–Trinajstić information content (AvgIpc) is 3.14. The third-order valence-electron chi connectivity index (χ3n) is 3.49. The highest BCUT2D eigenvalue weighted by Gasteiger charge is 2.43. The molecule has 4 heteroatoms. The molecule has 2 rings (SSSR count). The largest absolute Gasteiger partial charge is 0.493 e. The van der Waals surface area contributed by atoms with Gasteiger partial charge in [-0.15, -0.1) is 0 Å². The Morgan fingerprint density at radius 3 is 2.79 bits per heavy atom. The van der Waals surface area contributed by atoms with Crippen LogP contribution in [0, 0.1) is 13.8 Å². The van der Waals surface area contributed by atoms with Gasteiger partial charge in [-0.3, -0.25) is 4.79 Å². The normalized spacial score (nSPS) is 15.9. The second-order valence-corrected chi connectivity index (χ2v) is 5.35. The summed E-state index contributed by atoms with van der Waals surface area (Å²) in [6.07, 6.45) is 2.05. The lowest BCUT2D eigenvalue weighted by atomic mass is 10.1. The zero-order valence-electron chi connectivity index (χ0n) is 11.5. The number of carbonyl (C=O) groups is 1. The van der Waals surface area contributed by atoms with E-state index in [4.69, 9.17) is 9.84 Å². The van der Waals surface area contributed by atoms with Crippen molar-refractivity contribution < 1.29 is 14.6 Å². The van der Waals surface area contributed by atoms with Gasteiger partial charge in [-0.25, -0.2) is 0 Å². The highest BCUT2D eigenvalue weighted by molar-refractivity contribution is 5.77. The lowest BCUT2D eigenvalue weighted by molar-refractivity contribution is -0.122. The smallest absolute Gasteiger partial charge is 0.223 e. The Hall–Kier alpha value is -1.55. The van der Waals surface area contributed by atoms with Crippen molar-refractivity contribution in [3.05, 3.63) is 29.3 Å². The molecule has 19 heavy (non-hydrogen) atoms. The van der Waals surface area contributed by atoms with E-state index in [1.807, 2.05) is 32.0 Å². The molecule has 0 spiro atoms. The molecule has 2 N–H and O–H groups in total. The summed E-state index contributed by atoms with van der Waals surface area (Å²) in [7, 11) is 0. The zero-order valence-corrected chi connectivity index (χ0v) is 11.5. The molecule has 0 aromatic heterocycles. The Bertz CT molecular complexity index is 466. The molecular weight excluding hydrogens is 242 g/mol. The van der Waals surface area contributed by atoms with Gasteiger partial charge in [0.15, 0.2) is 0 Å². The Kier molecular flexibility index (Phi) is 4.10. The predicted octanol–water partition coefficient (Wildman–Crippen LogP) is 1.71. The first kappa shape index (κ1) is 13.9. The highest BCUT2D eigenvalue weighted by Crippen LogP contribution is 2.34. The van der Waals surface area contributed by atoms with Crippen LogP contribution in [-0.4, -0.2) is 29.8 Å². The van der Waals surface area contributed by atoms with Crippen molar-refractivity contribution in [2.45, 2.75) is 38.6 Å². The number of hydrogen-bond donors (Lipinski definition) is 2. The summed E-state index contributed by atoms with van der Waals surface area (Å²) in [5, 5.41) is 12.0. The molecule has 0 saturated heterocycles. The fourth-order valence-electron chi connectivity index (χ4n) is 1.95. The third kappa shape index (κ3) is 3.70. The molecular formula is C15H21NO3. The first-order valence-electron chi connectivity index (χ1n) is 6.67. The van der Waals surface area contributed by atoms with Crippen LogP contribution in [0.3, 0.4) is 0 Å². The lowest BCUT2D eigenvalue weighted by Gasteiger charge is -2.15. The van der Waals surface area contributed by atoms with Crippen LogP contribution >= 0.6 is 0 Å². The van der Waals surface area contributed by atoms with Gasteiger partial charge in [-0.2, -0.15) is 0 Å². The van der Waals surface area contributed by atoms with E-state index in [0.29, 0.717) is 13.0 Å². The maximum absolute atomic E-state index is 11.7. The number of hydrogen-bond acceptors (Lipinski definition) is 3. The topological polar surface area (TPSA) is 58.6 Å². The Balaban J connectivity index is 1.77. The number of aryl methyl sites for hydroxylation is 2. The molecule has 0 heterocycles. The van der Waals surface area contributed by atoms with Crippen molar-refractivity contribution in [3.63, 3.8) is 0 Å². The molecule has 1 amide bonds. The number of aliphatic hydroxyl groups excluding tert-OH is 1. The molecule has 1 aromatic rings. The summed E-state index contributed by atoms with van der Waals surface area (Å²) in [4.78, 5) is 11.7. The van der Waals surface area contributed by atoms with Crippen molar-refractivity contribution in [2.24, 2.45) is 0 Å². The first-order chi connectivity index (χ1) is 9.04. The number of rotatable bonds is 6. The number of benzene rings is 1. The SMILES string of the molecule is Cc1ccc(C)c(OCCC(=O)NC2(CO)CC2)c1. The second-order valence-electron chi connectivity index (χ2n) is 5.35. The zero-order chi connectivity index (χ0) is 13.9. The molecule has 0 atom stereocenters. The molecule has 1 aliphatic carbocycles. The van der Waals surface area contributed by atoms with Gasteiger partial charge in [0.25, 0.3) is 0 Å². The van der Waals surface area contributed by atoms with Gasteiger partial charge in [0.05, 0.1) is 25.2 Å². The van der Waals surface area contributed by atoms with Crippen LogP contribution in [0.25, 0.3) is 0 Å². The lowest BCUT2D eigenvalue weighted by Crippen LogP contribution is -2.40. The number of aliphatic hydroxyl groups is 1. The van der Waals surface area contributed by atoms with Crippen LogP contribution in [0.4, 0.5) is 0 Å². The number of ether oxygens (including phenoxy) is 1. The molecule has 4 nitrogen and oxygen atoms in total. The number of nitrogens with one attached hydrogen (secondary N) is 1. The van der Waals surface area contributed by atoms with E-state index in [1.54, 1.807) is 0 Å². The van der Waals surface area contributed by atoms with E-state index in [1.165, 1.54) is 0 Å². The van der Waals surface area contributed by atoms with Crippen LogP contribution in [0.2, 0.25) is 0 Å². The number of carbonyl (C=O) groups excluding carboxylic acids is 1. The minimum Gasteiger partial charge on any atom is -0.493 e. The van der Waals surface area contributed by atoms with E-state index in [-0.39, 0.29) is 18.1 Å². The average molecular weight is 263 g/mol. The minimum atomic E-state index is -0.337. The van der Waals surface area contributed by atoms with Gasteiger partial charge >= 0.3 is 0 Å². The van der Waals surface area contributed by atoms with Gasteiger partial charge in [0.1, 0.15) is 5.75 Å². The van der Waals surface area contributed by atoms with Crippen LogP contribution in [0.1, 0.15) is 30.4 Å². The molecule has 1 aromatic carbocycles. The quantitative estimate of drug-likeness (QED) is 0.821. The predicted molar refractivity (Wildman–Crippen MR) is 73.2 cm³/mol. The second kappa shape index (κ2) is 5.61. The number of amides is 1. The standard InChI is InChI=1S/C15H21NO3/c1-11-3-4-12(2)13(9-11)19-8-5-14(18)16-15(10-17)6-7-15/h3-4,9,17H,5-8,10H2,1-2H3,(H,16,18). The van der Waals surface area contributed by atoms with E-state index in [2.05, 4.69) is 5.32 Å². The van der Waals surface area contributed by atoms with E-state index >= 15 is 0 Å². The third-order valence-corrected chi connectivity index (χ3v) is 3.49. The van der Waals surface area contributed by atoms with Crippen LogP contribution < -0.4 is 10.1 Å². The van der Waals surface area contributed by atoms with Crippen molar-refractivity contribution in [1.29, 1.82) is 0 Å². The van der Waals surface area contributed by atoms with Gasteiger partial charge in [-0.05, 0) is 43.9 Å². The minimum absolute atomic E-state index is 0.0244. The molecule has 1 saturated carbocycles. The molecule has 1 fully saturated rings. The summed E-state index contributed by atoms with van der Waals surface area (Å²) in [5.41, 5.74) is 1.87. The fraction of sp³-hybridized carbons (Fsp3) is 0.533. The first-order valence-corrected chi connectivity index (χ1v) is 6.67. The van der Waals surface area contributed by atoms with Gasteiger partial charge in [0, 0.05) is 0 Å². The van der Waals surface area contributed by atoms with Crippen molar-refractivity contribution in [2.75, 3.05) is 13.2 Å². The molecule has 0 radical (unpaired) electrons. The highest BCUT2D eigenvalue weighted by atomic mass is 16.5. The van der Waals surface area contributed by atoms with E-state index in [9.17, 15) is 4.79 Å². The molecule has 104 valence electrons. The van der Waals surface area contributed by atoms with Gasteiger partial charge < -0.3 is 15.2 Å². The maximum Gasteiger partial charge on any atom is 0.223 e. The maximum atomic E-state index is 11.7. The Morgan fingerprint density at radius 1 is 1.42 bits per heavy atom. The summed E-state index contributed by atoms with van der Waals surface area (Å²) >= 11 is 0. The van der Waals surface area contributed by atoms with E-state index in [0.717, 1.165) is 29.7 Å². The van der Waals surface area contributed by atoms with Crippen molar-refractivity contribution in [3.8, 4) is 5.75 Å². The van der Waals surface area contributed by atoms with Gasteiger partial charge in [-0.1, -0.05) is 12.1 Å². The van der Waals surface area contributed by atoms with Crippen molar-refractivity contribution in [1.82, 2.24) is 5.32 Å². The van der Waals surface area contributed by atoms with Crippen LogP contribution in [-0.2, 0) is 4.79 Å². The molecule has 0 bridgehead atoms. The summed E-state index contributed by atoms with van der Waals surface area (Å²) in [6, 6.07) is 6.02. The molecule has 1 aliphatic rings. The van der Waals surface area contributed by atoms with Crippen molar-refractivity contribution >= 4 is 5.91 Å².